The molecule has 0 spiro atoms. The van der Waals surface area contributed by atoms with Crippen molar-refractivity contribution < 1.29 is 9.53 Å². The average molecular weight is 253 g/mol. The lowest BCUT2D eigenvalue weighted by molar-refractivity contribution is -0.145. The molecule has 2 fully saturated rings. The van der Waals surface area contributed by atoms with Gasteiger partial charge in [0.1, 0.15) is 0 Å². The van der Waals surface area contributed by atoms with Gasteiger partial charge in [-0.1, -0.05) is 26.2 Å². The Morgan fingerprint density at radius 3 is 2.56 bits per heavy atom. The molecule has 0 N–H and O–H groups in total. The van der Waals surface area contributed by atoms with Crippen LogP contribution in [0.4, 0.5) is 0 Å². The van der Waals surface area contributed by atoms with Crippen molar-refractivity contribution in [3.05, 3.63) is 0 Å². The number of esters is 1. The predicted octanol–water partition coefficient (Wildman–Crippen LogP) is 2.98. The van der Waals surface area contributed by atoms with Gasteiger partial charge in [0.2, 0.25) is 0 Å². The van der Waals surface area contributed by atoms with Crippen molar-refractivity contribution in [2.24, 2.45) is 5.92 Å². The third-order valence-corrected chi connectivity index (χ3v) is 4.43. The van der Waals surface area contributed by atoms with Gasteiger partial charge in [-0.05, 0) is 38.5 Å². The molecule has 2 atom stereocenters. The lowest BCUT2D eigenvalue weighted by Gasteiger charge is -2.37. The summed E-state index contributed by atoms with van der Waals surface area (Å²) >= 11 is 0. The number of hydrogen-bond donors (Lipinski definition) is 0. The normalized spacial score (nSPS) is 28.4. The van der Waals surface area contributed by atoms with E-state index in [-0.39, 0.29) is 5.97 Å². The molecule has 2 saturated carbocycles. The Morgan fingerprint density at radius 2 is 1.94 bits per heavy atom. The first-order valence-corrected chi connectivity index (χ1v) is 7.66. The quantitative estimate of drug-likeness (QED) is 0.682. The molecule has 0 saturated heterocycles. The van der Waals surface area contributed by atoms with Crippen LogP contribution in [0.2, 0.25) is 0 Å². The molecule has 0 aromatic carbocycles. The maximum absolute atomic E-state index is 11.7. The molecule has 2 rings (SSSR count). The Bertz CT molecular complexity index is 276. The van der Waals surface area contributed by atoms with E-state index in [2.05, 4.69) is 11.8 Å². The summed E-state index contributed by atoms with van der Waals surface area (Å²) in [4.78, 5) is 14.2. The van der Waals surface area contributed by atoms with Gasteiger partial charge in [0, 0.05) is 12.1 Å². The summed E-state index contributed by atoms with van der Waals surface area (Å²) in [7, 11) is 0. The third kappa shape index (κ3) is 3.71. The van der Waals surface area contributed by atoms with Gasteiger partial charge in [-0.15, -0.1) is 0 Å². The first-order valence-electron chi connectivity index (χ1n) is 7.66. The lowest BCUT2D eigenvalue weighted by Crippen LogP contribution is -2.43. The fraction of sp³-hybridized carbons (Fsp3) is 0.933. The largest absolute Gasteiger partial charge is 0.465 e. The van der Waals surface area contributed by atoms with Gasteiger partial charge in [0.15, 0.2) is 0 Å². The highest BCUT2D eigenvalue weighted by Crippen LogP contribution is 2.36. The molecule has 0 aromatic rings. The minimum atomic E-state index is -0.0389. The van der Waals surface area contributed by atoms with Crippen LogP contribution in [0, 0.1) is 5.92 Å². The Kier molecular flexibility index (Phi) is 5.04. The van der Waals surface area contributed by atoms with Crippen molar-refractivity contribution in [2.45, 2.75) is 70.9 Å². The van der Waals surface area contributed by atoms with Crippen LogP contribution < -0.4 is 0 Å². The van der Waals surface area contributed by atoms with E-state index in [4.69, 9.17) is 4.74 Å². The maximum Gasteiger partial charge on any atom is 0.320 e. The summed E-state index contributed by atoms with van der Waals surface area (Å²) in [5.74, 6) is 0.829. The van der Waals surface area contributed by atoms with Crippen LogP contribution >= 0.6 is 0 Å². The van der Waals surface area contributed by atoms with Crippen LogP contribution in [0.3, 0.4) is 0 Å². The van der Waals surface area contributed by atoms with Crippen LogP contribution in [-0.2, 0) is 9.53 Å². The molecule has 3 heteroatoms. The number of ether oxygens (including phenoxy) is 1. The van der Waals surface area contributed by atoms with E-state index < -0.39 is 0 Å². The van der Waals surface area contributed by atoms with Gasteiger partial charge in [-0.25, -0.2) is 0 Å². The maximum atomic E-state index is 11.7. The summed E-state index contributed by atoms with van der Waals surface area (Å²) < 4.78 is 5.11. The topological polar surface area (TPSA) is 29.5 Å². The summed E-state index contributed by atoms with van der Waals surface area (Å²) in [6.07, 6.45) is 9.09. The highest BCUT2D eigenvalue weighted by molar-refractivity contribution is 5.71. The zero-order chi connectivity index (χ0) is 13.0. The van der Waals surface area contributed by atoms with E-state index in [9.17, 15) is 4.79 Å². The molecule has 0 amide bonds. The number of hydrogen-bond acceptors (Lipinski definition) is 3. The van der Waals surface area contributed by atoms with Gasteiger partial charge >= 0.3 is 5.97 Å². The standard InChI is InChI=1S/C15H27NO2/c1-3-12-6-5-7-14(10-12)16(13-8-9-13)11-15(17)18-4-2/h12-14H,3-11H2,1-2H3. The van der Waals surface area contributed by atoms with Crippen molar-refractivity contribution >= 4 is 5.97 Å². The molecule has 104 valence electrons. The SMILES string of the molecule is CCOC(=O)CN(C1CC1)C1CCCC(CC)C1. The summed E-state index contributed by atoms with van der Waals surface area (Å²) in [6.45, 7) is 5.19. The van der Waals surface area contributed by atoms with Crippen molar-refractivity contribution in [1.29, 1.82) is 0 Å². The van der Waals surface area contributed by atoms with Gasteiger partial charge < -0.3 is 4.74 Å². The van der Waals surface area contributed by atoms with Crippen molar-refractivity contribution in [2.75, 3.05) is 13.2 Å². The molecule has 2 aliphatic rings. The molecule has 2 aliphatic carbocycles. The van der Waals surface area contributed by atoms with E-state index in [0.717, 1.165) is 5.92 Å². The lowest BCUT2D eigenvalue weighted by atomic mass is 9.83. The molecular weight excluding hydrogens is 226 g/mol. The van der Waals surface area contributed by atoms with Crippen LogP contribution in [0.25, 0.3) is 0 Å². The van der Waals surface area contributed by atoms with E-state index in [0.29, 0.717) is 25.2 Å². The minimum absolute atomic E-state index is 0.0389. The van der Waals surface area contributed by atoms with E-state index in [1.54, 1.807) is 0 Å². The smallest absolute Gasteiger partial charge is 0.320 e. The molecule has 18 heavy (non-hydrogen) atoms. The van der Waals surface area contributed by atoms with Gasteiger partial charge in [0.05, 0.1) is 13.2 Å². The molecule has 0 radical (unpaired) electrons. The highest BCUT2D eigenvalue weighted by atomic mass is 16.5. The molecule has 0 aliphatic heterocycles. The van der Waals surface area contributed by atoms with Crippen LogP contribution in [-0.4, -0.2) is 36.1 Å². The first kappa shape index (κ1) is 13.9. The van der Waals surface area contributed by atoms with Crippen LogP contribution in [0.15, 0.2) is 0 Å². The Labute approximate surface area is 111 Å². The van der Waals surface area contributed by atoms with Crippen LogP contribution in [0.5, 0.6) is 0 Å². The average Bonchev–Trinajstić information content (AvgIpc) is 3.20. The zero-order valence-electron chi connectivity index (χ0n) is 11.9. The Morgan fingerprint density at radius 1 is 1.17 bits per heavy atom. The van der Waals surface area contributed by atoms with Gasteiger partial charge in [-0.2, -0.15) is 0 Å². The monoisotopic (exact) mass is 253 g/mol. The van der Waals surface area contributed by atoms with Gasteiger partial charge in [-0.3, -0.25) is 9.69 Å². The highest BCUT2D eigenvalue weighted by Gasteiger charge is 2.37. The van der Waals surface area contributed by atoms with Gasteiger partial charge in [0.25, 0.3) is 0 Å². The molecular formula is C15H27NO2. The molecule has 0 bridgehead atoms. The fourth-order valence-corrected chi connectivity index (χ4v) is 3.25. The molecule has 0 aromatic heterocycles. The second-order valence-corrected chi connectivity index (χ2v) is 5.80. The van der Waals surface area contributed by atoms with E-state index >= 15 is 0 Å². The minimum Gasteiger partial charge on any atom is -0.465 e. The molecule has 0 heterocycles. The Balaban J connectivity index is 1.90. The summed E-state index contributed by atoms with van der Waals surface area (Å²) in [5.41, 5.74) is 0. The number of carbonyl (C=O) groups excluding carboxylic acids is 1. The van der Waals surface area contributed by atoms with E-state index in [1.807, 2.05) is 6.92 Å². The summed E-state index contributed by atoms with van der Waals surface area (Å²) in [5, 5.41) is 0. The van der Waals surface area contributed by atoms with Crippen molar-refractivity contribution in [3.8, 4) is 0 Å². The fourth-order valence-electron chi connectivity index (χ4n) is 3.25. The molecule has 3 nitrogen and oxygen atoms in total. The summed E-state index contributed by atoms with van der Waals surface area (Å²) in [6, 6.07) is 1.29. The number of nitrogens with zero attached hydrogens (tertiary/aromatic N) is 1. The third-order valence-electron chi connectivity index (χ3n) is 4.43. The number of rotatable bonds is 6. The predicted molar refractivity (Wildman–Crippen MR) is 72.4 cm³/mol. The van der Waals surface area contributed by atoms with Crippen molar-refractivity contribution in [3.63, 3.8) is 0 Å². The first-order chi connectivity index (χ1) is 8.74. The Hall–Kier alpha value is -0.570. The second kappa shape index (κ2) is 6.55. The van der Waals surface area contributed by atoms with Crippen molar-refractivity contribution in [1.82, 2.24) is 4.90 Å². The second-order valence-electron chi connectivity index (χ2n) is 5.80. The van der Waals surface area contributed by atoms with Crippen LogP contribution in [0.1, 0.15) is 58.8 Å². The van der Waals surface area contributed by atoms with E-state index in [1.165, 1.54) is 44.9 Å². The number of carbonyl (C=O) groups is 1. The molecule has 2 unspecified atom stereocenters. The zero-order valence-corrected chi connectivity index (χ0v) is 11.9.